The Labute approximate surface area is 211 Å². The number of nitrogens with zero attached hydrogens (tertiary/aromatic N) is 1. The quantitative estimate of drug-likeness (QED) is 0.363. The van der Waals surface area contributed by atoms with E-state index in [1.165, 1.54) is 7.11 Å². The highest BCUT2D eigenvalue weighted by Gasteiger charge is 2.47. The van der Waals surface area contributed by atoms with Crippen molar-refractivity contribution in [1.82, 2.24) is 5.32 Å². The summed E-state index contributed by atoms with van der Waals surface area (Å²) >= 11 is 0. The van der Waals surface area contributed by atoms with E-state index >= 15 is 0 Å². The predicted octanol–water partition coefficient (Wildman–Crippen LogP) is 3.68. The highest BCUT2D eigenvalue weighted by atomic mass is 32.2. The Balaban J connectivity index is 1.39. The van der Waals surface area contributed by atoms with Crippen molar-refractivity contribution in [2.75, 3.05) is 26.9 Å². The number of esters is 1. The highest BCUT2D eigenvalue weighted by Crippen LogP contribution is 2.36. The topological polar surface area (TPSA) is 103 Å². The average Bonchev–Trinajstić information content (AvgIpc) is 3.18. The van der Waals surface area contributed by atoms with Crippen LogP contribution in [0.2, 0.25) is 0 Å². The molecule has 0 aromatic heterocycles. The molecule has 9 heteroatoms. The number of nitrogens with one attached hydrogen (secondary N) is 1. The molecule has 4 rings (SSSR count). The van der Waals surface area contributed by atoms with Crippen LogP contribution in [0.5, 0.6) is 5.75 Å². The van der Waals surface area contributed by atoms with E-state index in [1.54, 1.807) is 60.7 Å². The van der Waals surface area contributed by atoms with Crippen LogP contribution < -0.4 is 10.1 Å². The second-order valence-corrected chi connectivity index (χ2v) is 10.0. The highest BCUT2D eigenvalue weighted by molar-refractivity contribution is 7.90. The first kappa shape index (κ1) is 25.8. The number of hydrogen-bond acceptors (Lipinski definition) is 7. The third-order valence-electron chi connectivity index (χ3n) is 6.12. The summed E-state index contributed by atoms with van der Waals surface area (Å²) in [5.74, 6) is 0.280. The number of methoxy groups -OCH3 is 1. The van der Waals surface area contributed by atoms with Crippen molar-refractivity contribution in [2.24, 2.45) is 4.40 Å². The Morgan fingerprint density at radius 3 is 2.61 bits per heavy atom. The molecule has 0 spiro atoms. The monoisotopic (exact) mass is 510 g/mol. The zero-order valence-electron chi connectivity index (χ0n) is 20.3. The molecule has 1 aliphatic carbocycles. The van der Waals surface area contributed by atoms with Crippen LogP contribution in [0.4, 0.5) is 0 Å². The first-order chi connectivity index (χ1) is 17.4. The Bertz CT molecular complexity index is 1280. The van der Waals surface area contributed by atoms with Crippen LogP contribution in [-0.2, 0) is 19.5 Å². The van der Waals surface area contributed by atoms with Crippen LogP contribution in [0.15, 0.2) is 82.1 Å². The van der Waals surface area contributed by atoms with E-state index in [0.717, 1.165) is 12.8 Å². The SMILES string of the molecule is CCCCOc1ccc(C(=O)OCCNC2C=CC=CC2(OC)C2=NS(=O)(=O)c3ccccc32)cc1. The minimum absolute atomic E-state index is 0.114. The van der Waals surface area contributed by atoms with Crippen LogP contribution in [0.1, 0.15) is 35.7 Å². The van der Waals surface area contributed by atoms with Gasteiger partial charge in [0.1, 0.15) is 23.7 Å². The van der Waals surface area contributed by atoms with Gasteiger partial charge in [-0.2, -0.15) is 12.8 Å². The van der Waals surface area contributed by atoms with E-state index in [0.29, 0.717) is 35.7 Å². The van der Waals surface area contributed by atoms with E-state index in [-0.39, 0.29) is 11.5 Å². The Hall–Kier alpha value is -3.27. The fourth-order valence-electron chi connectivity index (χ4n) is 4.21. The third-order valence-corrected chi connectivity index (χ3v) is 7.45. The molecule has 190 valence electrons. The van der Waals surface area contributed by atoms with Gasteiger partial charge in [-0.1, -0.05) is 49.8 Å². The number of fused-ring (bicyclic) bond motifs is 1. The van der Waals surface area contributed by atoms with Crippen LogP contribution in [0.25, 0.3) is 0 Å². The van der Waals surface area contributed by atoms with Gasteiger partial charge in [-0.05, 0) is 42.8 Å². The normalized spacial score (nSPS) is 21.6. The molecule has 0 amide bonds. The molecule has 2 aliphatic rings. The molecule has 0 radical (unpaired) electrons. The molecule has 0 saturated heterocycles. The maximum Gasteiger partial charge on any atom is 0.338 e. The van der Waals surface area contributed by atoms with Crippen LogP contribution in [-0.4, -0.2) is 58.6 Å². The van der Waals surface area contributed by atoms with Gasteiger partial charge in [0, 0.05) is 19.2 Å². The summed E-state index contributed by atoms with van der Waals surface area (Å²) in [4.78, 5) is 12.6. The van der Waals surface area contributed by atoms with Crippen molar-refractivity contribution in [2.45, 2.75) is 36.3 Å². The average molecular weight is 511 g/mol. The van der Waals surface area contributed by atoms with Crippen molar-refractivity contribution in [3.8, 4) is 5.75 Å². The van der Waals surface area contributed by atoms with Gasteiger partial charge in [-0.15, -0.1) is 0 Å². The molecule has 0 saturated carbocycles. The van der Waals surface area contributed by atoms with Gasteiger partial charge in [0.25, 0.3) is 10.0 Å². The summed E-state index contributed by atoms with van der Waals surface area (Å²) in [7, 11) is -2.29. The summed E-state index contributed by atoms with van der Waals surface area (Å²) in [6, 6.07) is 13.1. The Kier molecular flexibility index (Phi) is 8.03. The second kappa shape index (κ2) is 11.2. The lowest BCUT2D eigenvalue weighted by Gasteiger charge is -2.38. The number of sulfonamides is 1. The van der Waals surface area contributed by atoms with Crippen LogP contribution >= 0.6 is 0 Å². The summed E-state index contributed by atoms with van der Waals surface area (Å²) in [6.45, 7) is 3.17. The minimum Gasteiger partial charge on any atom is -0.494 e. The Morgan fingerprint density at radius 2 is 1.86 bits per heavy atom. The van der Waals surface area contributed by atoms with E-state index in [4.69, 9.17) is 14.2 Å². The molecule has 2 aromatic carbocycles. The molecule has 2 aromatic rings. The smallest absolute Gasteiger partial charge is 0.338 e. The van der Waals surface area contributed by atoms with Gasteiger partial charge in [-0.3, -0.25) is 0 Å². The van der Waals surface area contributed by atoms with Crippen molar-refractivity contribution in [3.63, 3.8) is 0 Å². The van der Waals surface area contributed by atoms with Gasteiger partial charge in [-0.25, -0.2) is 4.79 Å². The molecule has 1 heterocycles. The van der Waals surface area contributed by atoms with E-state index in [1.807, 2.05) is 12.2 Å². The maximum absolute atomic E-state index is 12.7. The number of ether oxygens (including phenoxy) is 3. The second-order valence-electron chi connectivity index (χ2n) is 8.45. The standard InChI is InChI=1S/C27H30N2O6S/c1-3-4-18-34-21-14-12-20(13-15-21)26(30)35-19-17-28-24-11-7-8-16-27(24,33-2)25-22-9-5-6-10-23(22)36(31,32)29-25/h5-16,24,28H,3-4,17-19H2,1-2H3. The summed E-state index contributed by atoms with van der Waals surface area (Å²) in [6.07, 6.45) is 9.34. The van der Waals surface area contributed by atoms with Gasteiger partial charge in [0.05, 0.1) is 23.1 Å². The fourth-order valence-corrected chi connectivity index (χ4v) is 5.48. The number of rotatable bonds is 11. The largest absolute Gasteiger partial charge is 0.494 e. The third kappa shape index (κ3) is 5.28. The van der Waals surface area contributed by atoms with Gasteiger partial charge in [0.2, 0.25) is 0 Å². The van der Waals surface area contributed by atoms with Crippen molar-refractivity contribution in [3.05, 3.63) is 84.0 Å². The zero-order chi connectivity index (χ0) is 25.6. The van der Waals surface area contributed by atoms with E-state index in [9.17, 15) is 13.2 Å². The molecule has 1 aliphatic heterocycles. The van der Waals surface area contributed by atoms with E-state index in [2.05, 4.69) is 16.6 Å². The number of carbonyl (C=O) groups is 1. The number of carbonyl (C=O) groups excluding carboxylic acids is 1. The number of hydrogen-bond donors (Lipinski definition) is 1. The number of benzene rings is 2. The molecule has 0 bridgehead atoms. The molecule has 2 atom stereocenters. The molecular formula is C27H30N2O6S. The van der Waals surface area contributed by atoms with E-state index < -0.39 is 27.6 Å². The molecule has 0 fully saturated rings. The molecular weight excluding hydrogens is 480 g/mol. The van der Waals surface area contributed by atoms with Crippen molar-refractivity contribution >= 4 is 21.7 Å². The van der Waals surface area contributed by atoms with Gasteiger partial charge >= 0.3 is 5.97 Å². The lowest BCUT2D eigenvalue weighted by Crippen LogP contribution is -2.56. The first-order valence-corrected chi connectivity index (χ1v) is 13.3. The van der Waals surface area contributed by atoms with Gasteiger partial charge in [0.15, 0.2) is 0 Å². The zero-order valence-corrected chi connectivity index (χ0v) is 21.2. The van der Waals surface area contributed by atoms with Crippen molar-refractivity contribution < 1.29 is 27.4 Å². The first-order valence-electron chi connectivity index (χ1n) is 11.9. The lowest BCUT2D eigenvalue weighted by molar-refractivity contribution is 0.0473. The maximum atomic E-state index is 12.7. The van der Waals surface area contributed by atoms with Gasteiger partial charge < -0.3 is 19.5 Å². The summed E-state index contributed by atoms with van der Waals surface area (Å²) < 4.78 is 46.3. The molecule has 2 unspecified atom stereocenters. The number of allylic oxidation sites excluding steroid dienone is 2. The Morgan fingerprint density at radius 1 is 1.08 bits per heavy atom. The summed E-state index contributed by atoms with van der Waals surface area (Å²) in [5, 5.41) is 3.31. The molecule has 8 nitrogen and oxygen atoms in total. The van der Waals surface area contributed by atoms with Crippen LogP contribution in [0, 0.1) is 0 Å². The fraction of sp³-hybridized carbons (Fsp3) is 0.333. The lowest BCUT2D eigenvalue weighted by atomic mass is 9.82. The number of unbranched alkanes of at least 4 members (excludes halogenated alkanes) is 1. The molecule has 1 N–H and O–H groups in total. The van der Waals surface area contributed by atoms with Crippen LogP contribution in [0.3, 0.4) is 0 Å². The summed E-state index contributed by atoms with van der Waals surface area (Å²) in [5.41, 5.74) is 0.120. The molecule has 36 heavy (non-hydrogen) atoms. The predicted molar refractivity (Wildman–Crippen MR) is 137 cm³/mol. The minimum atomic E-state index is -3.81. The van der Waals surface area contributed by atoms with Crippen molar-refractivity contribution in [1.29, 1.82) is 0 Å².